The normalized spacial score (nSPS) is 10.4. The molecule has 1 aromatic carbocycles. The van der Waals surface area contributed by atoms with E-state index in [-0.39, 0.29) is 5.91 Å². The second-order valence-corrected chi connectivity index (χ2v) is 4.54. The van der Waals surface area contributed by atoms with E-state index in [2.05, 4.69) is 0 Å². The molecule has 0 N–H and O–H groups in total. The van der Waals surface area contributed by atoms with Crippen LogP contribution >= 0.6 is 0 Å². The highest BCUT2D eigenvalue weighted by Crippen LogP contribution is 2.11. The van der Waals surface area contributed by atoms with Gasteiger partial charge < -0.3 is 9.32 Å². The van der Waals surface area contributed by atoms with Crippen LogP contribution in [0.4, 0.5) is 0 Å². The fourth-order valence-corrected chi connectivity index (χ4v) is 1.79. The Hall–Kier alpha value is -2.03. The Balaban J connectivity index is 2.07. The van der Waals surface area contributed by atoms with Crippen LogP contribution in [-0.2, 0) is 6.54 Å². The molecule has 0 saturated heterocycles. The first-order chi connectivity index (χ1) is 8.56. The number of nitrogens with zero attached hydrogens (tertiary/aromatic N) is 1. The molecule has 3 nitrogen and oxygen atoms in total. The maximum atomic E-state index is 12.2. The Bertz CT molecular complexity index is 540. The largest absolute Gasteiger partial charge is 0.464 e. The Morgan fingerprint density at radius 3 is 2.33 bits per heavy atom. The van der Waals surface area contributed by atoms with Gasteiger partial charge in [-0.25, -0.2) is 0 Å². The molecule has 1 amide bonds. The Kier molecular flexibility index (Phi) is 3.51. The maximum absolute atomic E-state index is 12.2. The van der Waals surface area contributed by atoms with E-state index < -0.39 is 0 Å². The lowest BCUT2D eigenvalue weighted by atomic mass is 10.1. The van der Waals surface area contributed by atoms with E-state index >= 15 is 0 Å². The Morgan fingerprint density at radius 2 is 1.78 bits per heavy atom. The van der Waals surface area contributed by atoms with E-state index in [1.807, 2.05) is 50.2 Å². The molecule has 1 heterocycles. The van der Waals surface area contributed by atoms with Gasteiger partial charge in [0.05, 0.1) is 6.54 Å². The maximum Gasteiger partial charge on any atom is 0.254 e. The van der Waals surface area contributed by atoms with Crippen LogP contribution < -0.4 is 0 Å². The molecule has 0 fully saturated rings. The number of furan rings is 1. The smallest absolute Gasteiger partial charge is 0.254 e. The molecule has 0 aliphatic carbocycles. The summed E-state index contributed by atoms with van der Waals surface area (Å²) in [5, 5.41) is 0. The van der Waals surface area contributed by atoms with Crippen molar-refractivity contribution in [3.05, 3.63) is 59.0 Å². The molecule has 3 heteroatoms. The van der Waals surface area contributed by atoms with Crippen LogP contribution in [0.1, 0.15) is 27.4 Å². The summed E-state index contributed by atoms with van der Waals surface area (Å²) in [5.74, 6) is 1.67. The number of rotatable bonds is 3. The number of hydrogen-bond donors (Lipinski definition) is 0. The molecule has 0 saturated carbocycles. The van der Waals surface area contributed by atoms with Crippen LogP contribution in [0.15, 0.2) is 40.8 Å². The molecule has 0 unspecified atom stereocenters. The van der Waals surface area contributed by atoms with Crippen molar-refractivity contribution >= 4 is 5.91 Å². The summed E-state index contributed by atoms with van der Waals surface area (Å²) in [4.78, 5) is 13.8. The van der Waals surface area contributed by atoms with Crippen molar-refractivity contribution in [1.29, 1.82) is 0 Å². The van der Waals surface area contributed by atoms with Crippen LogP contribution in [0, 0.1) is 13.8 Å². The number of amides is 1. The molecule has 1 aromatic heterocycles. The van der Waals surface area contributed by atoms with Crippen LogP contribution in [0.5, 0.6) is 0 Å². The fourth-order valence-electron chi connectivity index (χ4n) is 1.79. The van der Waals surface area contributed by atoms with Gasteiger partial charge in [-0.3, -0.25) is 4.79 Å². The molecule has 0 atom stereocenters. The summed E-state index contributed by atoms with van der Waals surface area (Å²) in [6.45, 7) is 4.38. The molecule has 2 rings (SSSR count). The molecule has 0 aliphatic heterocycles. The summed E-state index contributed by atoms with van der Waals surface area (Å²) < 4.78 is 5.47. The molecular weight excluding hydrogens is 226 g/mol. The summed E-state index contributed by atoms with van der Waals surface area (Å²) in [6.07, 6.45) is 0. The van der Waals surface area contributed by atoms with E-state index in [0.717, 1.165) is 17.1 Å². The molecular formula is C15H17NO2. The third-order valence-electron chi connectivity index (χ3n) is 2.83. The molecule has 18 heavy (non-hydrogen) atoms. The van der Waals surface area contributed by atoms with Gasteiger partial charge in [0.2, 0.25) is 0 Å². The van der Waals surface area contributed by atoms with Crippen molar-refractivity contribution in [3.8, 4) is 0 Å². The van der Waals surface area contributed by atoms with Gasteiger partial charge in [0.25, 0.3) is 5.91 Å². The number of carbonyl (C=O) groups is 1. The lowest BCUT2D eigenvalue weighted by Gasteiger charge is -2.15. The first kappa shape index (κ1) is 12.4. The number of carbonyl (C=O) groups excluding carboxylic acids is 1. The van der Waals surface area contributed by atoms with Crippen molar-refractivity contribution in [3.63, 3.8) is 0 Å². The number of aryl methyl sites for hydroxylation is 2. The van der Waals surface area contributed by atoms with Gasteiger partial charge in [-0.05, 0) is 38.1 Å². The van der Waals surface area contributed by atoms with Crippen LogP contribution in [-0.4, -0.2) is 17.9 Å². The lowest BCUT2D eigenvalue weighted by molar-refractivity contribution is 0.0775. The third kappa shape index (κ3) is 2.80. The monoisotopic (exact) mass is 243 g/mol. The SMILES string of the molecule is Cc1ccc(C(=O)N(C)Cc2ccc(C)o2)cc1. The average molecular weight is 243 g/mol. The highest BCUT2D eigenvalue weighted by Gasteiger charge is 2.13. The average Bonchev–Trinajstić information content (AvgIpc) is 2.75. The third-order valence-corrected chi connectivity index (χ3v) is 2.83. The van der Waals surface area contributed by atoms with E-state index in [9.17, 15) is 4.79 Å². The minimum atomic E-state index is 0.00375. The highest BCUT2D eigenvalue weighted by molar-refractivity contribution is 5.94. The quantitative estimate of drug-likeness (QED) is 0.829. The van der Waals surface area contributed by atoms with Crippen molar-refractivity contribution in [2.45, 2.75) is 20.4 Å². The summed E-state index contributed by atoms with van der Waals surface area (Å²) in [5.41, 5.74) is 1.85. The second-order valence-electron chi connectivity index (χ2n) is 4.54. The highest BCUT2D eigenvalue weighted by atomic mass is 16.3. The van der Waals surface area contributed by atoms with Gasteiger partial charge >= 0.3 is 0 Å². The molecule has 2 aromatic rings. The van der Waals surface area contributed by atoms with Crippen LogP contribution in [0.25, 0.3) is 0 Å². The van der Waals surface area contributed by atoms with Gasteiger partial charge in [0, 0.05) is 12.6 Å². The Labute approximate surface area is 107 Å². The zero-order chi connectivity index (χ0) is 13.1. The topological polar surface area (TPSA) is 33.5 Å². The number of benzene rings is 1. The molecule has 94 valence electrons. The zero-order valence-electron chi connectivity index (χ0n) is 10.9. The second kappa shape index (κ2) is 5.08. The van der Waals surface area contributed by atoms with E-state index in [0.29, 0.717) is 12.1 Å². The minimum Gasteiger partial charge on any atom is -0.464 e. The van der Waals surface area contributed by atoms with Crippen LogP contribution in [0.2, 0.25) is 0 Å². The van der Waals surface area contributed by atoms with Gasteiger partial charge in [0.15, 0.2) is 0 Å². The minimum absolute atomic E-state index is 0.00375. The number of hydrogen-bond acceptors (Lipinski definition) is 2. The summed E-state index contributed by atoms with van der Waals surface area (Å²) in [6, 6.07) is 11.4. The summed E-state index contributed by atoms with van der Waals surface area (Å²) >= 11 is 0. The van der Waals surface area contributed by atoms with E-state index in [1.165, 1.54) is 0 Å². The van der Waals surface area contributed by atoms with Gasteiger partial charge in [0.1, 0.15) is 11.5 Å². The van der Waals surface area contributed by atoms with Crippen molar-refractivity contribution in [1.82, 2.24) is 4.90 Å². The predicted octanol–water partition coefficient (Wildman–Crippen LogP) is 3.17. The molecule has 0 aliphatic rings. The molecule has 0 bridgehead atoms. The van der Waals surface area contributed by atoms with Gasteiger partial charge in [-0.1, -0.05) is 17.7 Å². The zero-order valence-corrected chi connectivity index (χ0v) is 10.9. The van der Waals surface area contributed by atoms with Gasteiger partial charge in [-0.15, -0.1) is 0 Å². The first-order valence-corrected chi connectivity index (χ1v) is 5.94. The predicted molar refractivity (Wildman–Crippen MR) is 70.4 cm³/mol. The lowest BCUT2D eigenvalue weighted by Crippen LogP contribution is -2.25. The van der Waals surface area contributed by atoms with E-state index in [4.69, 9.17) is 4.42 Å². The van der Waals surface area contributed by atoms with Crippen LogP contribution in [0.3, 0.4) is 0 Å². The standard InChI is InChI=1S/C15H17NO2/c1-11-4-7-13(8-5-11)15(17)16(3)10-14-9-6-12(2)18-14/h4-9H,10H2,1-3H3. The van der Waals surface area contributed by atoms with Gasteiger partial charge in [-0.2, -0.15) is 0 Å². The molecule has 0 spiro atoms. The Morgan fingerprint density at radius 1 is 1.11 bits per heavy atom. The first-order valence-electron chi connectivity index (χ1n) is 5.94. The van der Waals surface area contributed by atoms with Crippen molar-refractivity contribution in [2.24, 2.45) is 0 Å². The fraction of sp³-hybridized carbons (Fsp3) is 0.267. The summed E-state index contributed by atoms with van der Waals surface area (Å²) in [7, 11) is 1.78. The molecule has 0 radical (unpaired) electrons. The van der Waals surface area contributed by atoms with E-state index in [1.54, 1.807) is 11.9 Å². The van der Waals surface area contributed by atoms with Crippen molar-refractivity contribution in [2.75, 3.05) is 7.05 Å². The van der Waals surface area contributed by atoms with Crippen molar-refractivity contribution < 1.29 is 9.21 Å².